The van der Waals surface area contributed by atoms with Gasteiger partial charge in [-0.3, -0.25) is 4.89 Å². The molecule has 18 heavy (non-hydrogen) atoms. The van der Waals surface area contributed by atoms with E-state index >= 15 is 0 Å². The Bertz CT molecular complexity index is 169. The molecular weight excluding hydrogens is 247 g/mol. The fourth-order valence-corrected chi connectivity index (χ4v) is 2.78. The quantitative estimate of drug-likeness (QED) is 0.415. The molecule has 0 aromatic heterocycles. The van der Waals surface area contributed by atoms with Gasteiger partial charge in [0.15, 0.2) is 0 Å². The Morgan fingerprint density at radius 1 is 0.667 bits per heavy atom. The second-order valence-corrected chi connectivity index (χ2v) is 6.97. The summed E-state index contributed by atoms with van der Waals surface area (Å²) in [5.41, 5.74) is 0. The minimum Gasteiger partial charge on any atom is -0.660 e. The predicted octanol–water partition coefficient (Wildman–Crippen LogP) is 3.16. The summed E-state index contributed by atoms with van der Waals surface area (Å²) in [7, 11) is -4.00. The smallest absolute Gasteiger partial charge is 0.0762 e. The molecular formula is C14H30O3P-. The van der Waals surface area contributed by atoms with Gasteiger partial charge in [-0.15, -0.1) is 0 Å². The average molecular weight is 277 g/mol. The summed E-state index contributed by atoms with van der Waals surface area (Å²) in [5.74, 6) is 0. The first kappa shape index (κ1) is 18.3. The number of hydrogen-bond acceptors (Lipinski definition) is 3. The highest BCUT2D eigenvalue weighted by Crippen LogP contribution is 2.34. The van der Waals surface area contributed by atoms with Crippen LogP contribution in [-0.2, 0) is 0 Å². The third-order valence-electron chi connectivity index (χ3n) is 3.29. The number of unbranched alkanes of at least 4 members (excludes halogenated alkanes) is 11. The van der Waals surface area contributed by atoms with Gasteiger partial charge in [0.25, 0.3) is 0 Å². The highest BCUT2D eigenvalue weighted by Gasteiger charge is 2.05. The lowest BCUT2D eigenvalue weighted by molar-refractivity contribution is -0.331. The molecule has 3 nitrogen and oxygen atoms in total. The SMILES string of the molecule is CCCCCCCCCCCCCC[P+]([O-])([O-])O. The monoisotopic (exact) mass is 277 g/mol. The van der Waals surface area contributed by atoms with E-state index in [0.717, 1.165) is 12.8 Å². The molecule has 0 aromatic carbocycles. The van der Waals surface area contributed by atoms with E-state index in [4.69, 9.17) is 4.89 Å². The Hall–Kier alpha value is 0.310. The Morgan fingerprint density at radius 3 is 1.33 bits per heavy atom. The van der Waals surface area contributed by atoms with Crippen molar-refractivity contribution in [3.8, 4) is 0 Å². The molecule has 110 valence electrons. The lowest BCUT2D eigenvalue weighted by Crippen LogP contribution is -2.23. The molecule has 0 aliphatic carbocycles. The van der Waals surface area contributed by atoms with Gasteiger partial charge >= 0.3 is 0 Å². The van der Waals surface area contributed by atoms with Crippen LogP contribution in [0, 0.1) is 0 Å². The zero-order chi connectivity index (χ0) is 13.7. The van der Waals surface area contributed by atoms with E-state index in [2.05, 4.69) is 6.92 Å². The van der Waals surface area contributed by atoms with Gasteiger partial charge < -0.3 is 9.79 Å². The molecule has 0 heterocycles. The molecule has 4 heteroatoms. The third-order valence-corrected chi connectivity index (χ3v) is 4.18. The largest absolute Gasteiger partial charge is 0.660 e. The van der Waals surface area contributed by atoms with Crippen molar-refractivity contribution in [1.29, 1.82) is 0 Å². The number of hydrogen-bond donors (Lipinski definition) is 1. The minimum atomic E-state index is -4.00. The van der Waals surface area contributed by atoms with E-state index in [1.807, 2.05) is 0 Å². The van der Waals surface area contributed by atoms with E-state index in [1.54, 1.807) is 0 Å². The summed E-state index contributed by atoms with van der Waals surface area (Å²) >= 11 is 0. The first-order chi connectivity index (χ1) is 8.56. The van der Waals surface area contributed by atoms with Crippen molar-refractivity contribution in [3.05, 3.63) is 0 Å². The summed E-state index contributed by atoms with van der Waals surface area (Å²) in [6.07, 6.45) is 14.5. The van der Waals surface area contributed by atoms with E-state index in [1.165, 1.54) is 57.8 Å². The van der Waals surface area contributed by atoms with Gasteiger partial charge in [0.2, 0.25) is 0 Å². The maximum Gasteiger partial charge on any atom is 0.0762 e. The predicted molar refractivity (Wildman–Crippen MR) is 75.1 cm³/mol. The molecule has 0 rings (SSSR count). The minimum absolute atomic E-state index is 0.0512. The van der Waals surface area contributed by atoms with Crippen molar-refractivity contribution in [2.24, 2.45) is 0 Å². The van der Waals surface area contributed by atoms with Crippen LogP contribution >= 0.6 is 7.94 Å². The van der Waals surface area contributed by atoms with E-state index in [9.17, 15) is 9.79 Å². The Labute approximate surface area is 113 Å². The molecule has 0 amide bonds. The van der Waals surface area contributed by atoms with Crippen LogP contribution in [0.4, 0.5) is 0 Å². The lowest BCUT2D eigenvalue weighted by Gasteiger charge is -2.27. The molecule has 0 spiro atoms. The zero-order valence-electron chi connectivity index (χ0n) is 11.9. The van der Waals surface area contributed by atoms with Crippen molar-refractivity contribution in [1.82, 2.24) is 0 Å². The first-order valence-corrected chi connectivity index (χ1v) is 9.35. The molecule has 0 atom stereocenters. The standard InChI is InChI=1S/C14H31O3P/c1-2-3-4-5-6-7-8-9-10-11-12-13-14-18(15,16)17/h2-14H2,1H3,(H2,15,16,17)/p-1. The van der Waals surface area contributed by atoms with Gasteiger partial charge in [0.05, 0.1) is 6.16 Å². The summed E-state index contributed by atoms with van der Waals surface area (Å²) in [5, 5.41) is 0. The van der Waals surface area contributed by atoms with Crippen LogP contribution in [0.1, 0.15) is 84.0 Å². The van der Waals surface area contributed by atoms with Gasteiger partial charge in [-0.25, -0.2) is 0 Å². The van der Waals surface area contributed by atoms with Crippen LogP contribution in [0.25, 0.3) is 0 Å². The Kier molecular flexibility index (Phi) is 12.6. The maximum absolute atomic E-state index is 10.5. The normalized spacial score (nSPS) is 12.0. The third kappa shape index (κ3) is 16.3. The Morgan fingerprint density at radius 2 is 1.00 bits per heavy atom. The van der Waals surface area contributed by atoms with Crippen LogP contribution in [0.3, 0.4) is 0 Å². The maximum atomic E-state index is 10.5. The van der Waals surface area contributed by atoms with Crippen molar-refractivity contribution in [3.63, 3.8) is 0 Å². The van der Waals surface area contributed by atoms with Gasteiger partial charge in [-0.05, 0) is 12.8 Å². The summed E-state index contributed by atoms with van der Waals surface area (Å²) in [6, 6.07) is 0. The Balaban J connectivity index is 2.99. The average Bonchev–Trinajstić information content (AvgIpc) is 2.29. The van der Waals surface area contributed by atoms with Crippen molar-refractivity contribution < 1.29 is 14.7 Å². The van der Waals surface area contributed by atoms with Crippen LogP contribution in [0.5, 0.6) is 0 Å². The number of rotatable bonds is 13. The van der Waals surface area contributed by atoms with Crippen molar-refractivity contribution >= 4 is 7.94 Å². The zero-order valence-corrected chi connectivity index (χ0v) is 12.8. The summed E-state index contributed by atoms with van der Waals surface area (Å²) in [6.45, 7) is 2.24. The molecule has 0 unspecified atom stereocenters. The van der Waals surface area contributed by atoms with Gasteiger partial charge in [0.1, 0.15) is 0 Å². The van der Waals surface area contributed by atoms with Crippen LogP contribution in [-0.4, -0.2) is 11.1 Å². The van der Waals surface area contributed by atoms with Crippen LogP contribution in [0.15, 0.2) is 0 Å². The van der Waals surface area contributed by atoms with Crippen LogP contribution < -0.4 is 9.79 Å². The fourth-order valence-electron chi connectivity index (χ4n) is 2.15. The second-order valence-electron chi connectivity index (χ2n) is 5.25. The summed E-state index contributed by atoms with van der Waals surface area (Å²) < 4.78 is 0. The molecule has 0 aromatic rings. The lowest BCUT2D eigenvalue weighted by atomic mass is 10.1. The van der Waals surface area contributed by atoms with Gasteiger partial charge in [0, 0.05) is 7.94 Å². The summed E-state index contributed by atoms with van der Waals surface area (Å²) in [4.78, 5) is 29.6. The van der Waals surface area contributed by atoms with E-state index < -0.39 is 7.94 Å². The molecule has 0 aliphatic rings. The van der Waals surface area contributed by atoms with Gasteiger partial charge in [-0.1, -0.05) is 71.1 Å². The highest BCUT2D eigenvalue weighted by molar-refractivity contribution is 7.55. The molecule has 1 N–H and O–H groups in total. The molecule has 0 radical (unpaired) electrons. The fraction of sp³-hybridized carbons (Fsp3) is 1.00. The van der Waals surface area contributed by atoms with E-state index in [0.29, 0.717) is 6.42 Å². The highest BCUT2D eigenvalue weighted by atomic mass is 31.2. The second kappa shape index (κ2) is 12.3. The van der Waals surface area contributed by atoms with Crippen molar-refractivity contribution in [2.45, 2.75) is 84.0 Å². The molecule has 0 fully saturated rings. The molecule has 0 bridgehead atoms. The molecule has 0 saturated heterocycles. The van der Waals surface area contributed by atoms with Crippen molar-refractivity contribution in [2.75, 3.05) is 6.16 Å². The topological polar surface area (TPSA) is 66.3 Å². The molecule has 0 aliphatic heterocycles. The van der Waals surface area contributed by atoms with Crippen LogP contribution in [0.2, 0.25) is 0 Å². The molecule has 0 saturated carbocycles. The first-order valence-electron chi connectivity index (χ1n) is 7.59. The van der Waals surface area contributed by atoms with Gasteiger partial charge in [-0.2, -0.15) is 0 Å². The van der Waals surface area contributed by atoms with E-state index in [-0.39, 0.29) is 6.16 Å².